The molecule has 0 spiro atoms. The highest BCUT2D eigenvalue weighted by Crippen LogP contribution is 2.29. The van der Waals surface area contributed by atoms with E-state index in [0.717, 1.165) is 31.5 Å². The second kappa shape index (κ2) is 8.35. The molecule has 1 saturated heterocycles. The molecule has 148 valence electrons. The van der Waals surface area contributed by atoms with Gasteiger partial charge >= 0.3 is 0 Å². The molecular weight excluding hydrogens is 364 g/mol. The van der Waals surface area contributed by atoms with E-state index in [1.54, 1.807) is 18.2 Å². The summed E-state index contributed by atoms with van der Waals surface area (Å²) in [6, 6.07) is 19.2. The topological polar surface area (TPSA) is 62.6 Å². The van der Waals surface area contributed by atoms with E-state index < -0.39 is 0 Å². The molecule has 5 heteroatoms. The predicted molar refractivity (Wildman–Crippen MR) is 112 cm³/mol. The Morgan fingerprint density at radius 2 is 1.76 bits per heavy atom. The monoisotopic (exact) mass is 388 g/mol. The van der Waals surface area contributed by atoms with Crippen molar-refractivity contribution in [2.75, 3.05) is 18.4 Å². The molecule has 0 saturated carbocycles. The van der Waals surface area contributed by atoms with Crippen molar-refractivity contribution in [3.63, 3.8) is 0 Å². The van der Waals surface area contributed by atoms with Gasteiger partial charge < -0.3 is 14.6 Å². The van der Waals surface area contributed by atoms with Crippen LogP contribution < -0.4 is 5.32 Å². The largest absolute Gasteiger partial charge is 0.459 e. The molecule has 0 bridgehead atoms. The molecule has 1 N–H and O–H groups in total. The summed E-state index contributed by atoms with van der Waals surface area (Å²) < 4.78 is 5.14. The minimum atomic E-state index is -0.327. The third-order valence-electron chi connectivity index (χ3n) is 5.53. The van der Waals surface area contributed by atoms with Gasteiger partial charge in [0.15, 0.2) is 5.76 Å². The van der Waals surface area contributed by atoms with Gasteiger partial charge in [-0.3, -0.25) is 9.59 Å². The Kier molecular flexibility index (Phi) is 5.47. The van der Waals surface area contributed by atoms with Gasteiger partial charge in [0.25, 0.3) is 11.8 Å². The lowest BCUT2D eigenvalue weighted by molar-refractivity contribution is 0.0712. The van der Waals surface area contributed by atoms with Gasteiger partial charge in [-0.2, -0.15) is 0 Å². The number of hydrogen-bond acceptors (Lipinski definition) is 3. The molecule has 0 aliphatic carbocycles. The number of amides is 2. The first-order valence-electron chi connectivity index (χ1n) is 9.91. The second-order valence-electron chi connectivity index (χ2n) is 7.44. The van der Waals surface area contributed by atoms with Crippen molar-refractivity contribution in [1.82, 2.24) is 4.90 Å². The molecule has 3 aromatic rings. The van der Waals surface area contributed by atoms with Gasteiger partial charge in [0.1, 0.15) is 0 Å². The Labute approximate surface area is 170 Å². The summed E-state index contributed by atoms with van der Waals surface area (Å²) >= 11 is 0. The molecule has 0 radical (unpaired) electrons. The van der Waals surface area contributed by atoms with Gasteiger partial charge in [0.2, 0.25) is 0 Å². The van der Waals surface area contributed by atoms with Crippen LogP contribution in [-0.4, -0.2) is 29.8 Å². The Balaban J connectivity index is 1.43. The lowest BCUT2D eigenvalue weighted by atomic mass is 9.89. The first-order valence-corrected chi connectivity index (χ1v) is 9.91. The van der Waals surface area contributed by atoms with Gasteiger partial charge in [0, 0.05) is 24.3 Å². The number of furan rings is 1. The maximum absolute atomic E-state index is 13.0. The number of rotatable bonds is 4. The summed E-state index contributed by atoms with van der Waals surface area (Å²) in [5, 5.41) is 2.84. The number of carbonyl (C=O) groups excluding carboxylic acids is 2. The van der Waals surface area contributed by atoms with Crippen molar-refractivity contribution < 1.29 is 14.0 Å². The van der Waals surface area contributed by atoms with Crippen LogP contribution in [0.1, 0.15) is 50.8 Å². The van der Waals surface area contributed by atoms with E-state index in [1.807, 2.05) is 30.0 Å². The van der Waals surface area contributed by atoms with Crippen LogP contribution >= 0.6 is 0 Å². The van der Waals surface area contributed by atoms with Gasteiger partial charge in [-0.05, 0) is 61.1 Å². The number of benzene rings is 2. The lowest BCUT2D eigenvalue weighted by Crippen LogP contribution is -2.38. The summed E-state index contributed by atoms with van der Waals surface area (Å²) in [6.45, 7) is 3.37. The highest BCUT2D eigenvalue weighted by atomic mass is 16.3. The van der Waals surface area contributed by atoms with Gasteiger partial charge in [0.05, 0.1) is 6.26 Å². The number of aryl methyl sites for hydroxylation is 1. The van der Waals surface area contributed by atoms with Crippen LogP contribution in [0.2, 0.25) is 0 Å². The average molecular weight is 388 g/mol. The zero-order chi connectivity index (χ0) is 20.2. The fourth-order valence-corrected chi connectivity index (χ4v) is 3.81. The van der Waals surface area contributed by atoms with E-state index in [9.17, 15) is 9.59 Å². The number of hydrogen-bond donors (Lipinski definition) is 1. The molecule has 5 nitrogen and oxygen atoms in total. The SMILES string of the molecule is Cc1ccc(C(=O)N2CCC(c3ccccc3)CC2)cc1NC(=O)c1ccco1. The Bertz CT molecular complexity index is 988. The van der Waals surface area contributed by atoms with Crippen molar-refractivity contribution in [2.45, 2.75) is 25.7 Å². The fraction of sp³-hybridized carbons (Fsp3) is 0.250. The van der Waals surface area contributed by atoms with Crippen LogP contribution in [0, 0.1) is 6.92 Å². The number of nitrogens with one attached hydrogen (secondary N) is 1. The second-order valence-corrected chi connectivity index (χ2v) is 7.44. The van der Waals surface area contributed by atoms with Gasteiger partial charge in [-0.15, -0.1) is 0 Å². The van der Waals surface area contributed by atoms with Crippen molar-refractivity contribution >= 4 is 17.5 Å². The number of anilines is 1. The summed E-state index contributed by atoms with van der Waals surface area (Å²) in [4.78, 5) is 27.2. The van der Waals surface area contributed by atoms with E-state index in [1.165, 1.54) is 11.8 Å². The molecule has 29 heavy (non-hydrogen) atoms. The number of likely N-dealkylation sites (tertiary alicyclic amines) is 1. The molecule has 0 atom stereocenters. The first kappa shape index (κ1) is 19.0. The Morgan fingerprint density at radius 1 is 1.00 bits per heavy atom. The first-order chi connectivity index (χ1) is 14.1. The van der Waals surface area contributed by atoms with Crippen molar-refractivity contribution in [1.29, 1.82) is 0 Å². The van der Waals surface area contributed by atoms with Crippen molar-refractivity contribution in [3.05, 3.63) is 89.4 Å². The Hall–Kier alpha value is -3.34. The lowest BCUT2D eigenvalue weighted by Gasteiger charge is -2.32. The molecule has 1 aliphatic rings. The number of piperidine rings is 1. The standard InChI is InChI=1S/C24H24N2O3/c1-17-9-10-20(16-21(17)25-23(27)22-8-5-15-29-22)24(28)26-13-11-19(12-14-26)18-6-3-2-4-7-18/h2-10,15-16,19H,11-14H2,1H3,(H,25,27). The third-order valence-corrected chi connectivity index (χ3v) is 5.53. The van der Waals surface area contributed by atoms with E-state index in [2.05, 4.69) is 29.6 Å². The summed E-state index contributed by atoms with van der Waals surface area (Å²) in [5.41, 5.74) is 3.45. The minimum Gasteiger partial charge on any atom is -0.459 e. The highest BCUT2D eigenvalue weighted by molar-refractivity contribution is 6.04. The third kappa shape index (κ3) is 4.24. The maximum atomic E-state index is 13.0. The highest BCUT2D eigenvalue weighted by Gasteiger charge is 2.25. The van der Waals surface area contributed by atoms with E-state index in [4.69, 9.17) is 4.42 Å². The zero-order valence-corrected chi connectivity index (χ0v) is 16.4. The summed E-state index contributed by atoms with van der Waals surface area (Å²) in [5.74, 6) is 0.418. The van der Waals surface area contributed by atoms with E-state index in [0.29, 0.717) is 17.2 Å². The zero-order valence-electron chi connectivity index (χ0n) is 16.4. The molecule has 2 aromatic carbocycles. The average Bonchev–Trinajstić information content (AvgIpc) is 3.31. The van der Waals surface area contributed by atoms with Crippen LogP contribution in [0.3, 0.4) is 0 Å². The fourth-order valence-electron chi connectivity index (χ4n) is 3.81. The molecule has 1 fully saturated rings. The smallest absolute Gasteiger partial charge is 0.291 e. The quantitative estimate of drug-likeness (QED) is 0.694. The molecule has 1 aromatic heterocycles. The maximum Gasteiger partial charge on any atom is 0.291 e. The molecule has 2 amide bonds. The summed E-state index contributed by atoms with van der Waals surface area (Å²) in [6.07, 6.45) is 3.38. The molecule has 1 aliphatic heterocycles. The number of nitrogens with zero attached hydrogens (tertiary/aromatic N) is 1. The molecule has 0 unspecified atom stereocenters. The van der Waals surface area contributed by atoms with E-state index >= 15 is 0 Å². The predicted octanol–water partition coefficient (Wildman–Crippen LogP) is 4.86. The van der Waals surface area contributed by atoms with Crippen molar-refractivity contribution in [3.8, 4) is 0 Å². The van der Waals surface area contributed by atoms with Crippen LogP contribution in [0.25, 0.3) is 0 Å². The van der Waals surface area contributed by atoms with Gasteiger partial charge in [-0.1, -0.05) is 36.4 Å². The molecular formula is C24H24N2O3. The van der Waals surface area contributed by atoms with Crippen LogP contribution in [0.4, 0.5) is 5.69 Å². The molecule has 2 heterocycles. The van der Waals surface area contributed by atoms with Crippen LogP contribution in [0.5, 0.6) is 0 Å². The molecule has 4 rings (SSSR count). The summed E-state index contributed by atoms with van der Waals surface area (Å²) in [7, 11) is 0. The minimum absolute atomic E-state index is 0.00464. The van der Waals surface area contributed by atoms with E-state index in [-0.39, 0.29) is 17.6 Å². The van der Waals surface area contributed by atoms with Crippen molar-refractivity contribution in [2.24, 2.45) is 0 Å². The Morgan fingerprint density at radius 3 is 2.45 bits per heavy atom. The normalized spacial score (nSPS) is 14.6. The van der Waals surface area contributed by atoms with Crippen LogP contribution in [-0.2, 0) is 0 Å². The number of carbonyl (C=O) groups is 2. The van der Waals surface area contributed by atoms with Gasteiger partial charge in [-0.25, -0.2) is 0 Å². The van der Waals surface area contributed by atoms with Crippen LogP contribution in [0.15, 0.2) is 71.3 Å².